The average molecular weight is 322 g/mol. The molecule has 0 saturated heterocycles. The van der Waals surface area contributed by atoms with Crippen LogP contribution in [-0.2, 0) is 11.2 Å². The molecule has 0 saturated carbocycles. The van der Waals surface area contributed by atoms with Gasteiger partial charge in [0.2, 0.25) is 5.91 Å². The predicted molar refractivity (Wildman–Crippen MR) is 89.8 cm³/mol. The molecule has 3 aromatic rings. The molecule has 1 amide bonds. The molecule has 0 aliphatic carbocycles. The lowest BCUT2D eigenvalue weighted by atomic mass is 9.98. The maximum atomic E-state index is 12.3. The second kappa shape index (κ2) is 6.35. The molecule has 122 valence electrons. The summed E-state index contributed by atoms with van der Waals surface area (Å²) in [5, 5.41) is 9.14. The zero-order chi connectivity index (χ0) is 16.4. The van der Waals surface area contributed by atoms with Gasteiger partial charge in [-0.3, -0.25) is 4.79 Å². The van der Waals surface area contributed by atoms with Crippen molar-refractivity contribution >= 4 is 16.7 Å². The molecule has 1 aromatic heterocycles. The fraction of sp³-hybridized carbons (Fsp3) is 0.263. The smallest absolute Gasteiger partial charge is 0.226 e. The van der Waals surface area contributed by atoms with Gasteiger partial charge in [-0.05, 0) is 18.2 Å². The molecule has 0 bridgehead atoms. The van der Waals surface area contributed by atoms with E-state index in [1.165, 1.54) is 6.26 Å². The minimum atomic E-state index is -0.0603. The molecule has 0 fully saturated rings. The molecule has 2 aromatic carbocycles. The summed E-state index contributed by atoms with van der Waals surface area (Å²) in [5.74, 6) is 0.826. The highest BCUT2D eigenvalue weighted by Crippen LogP contribution is 2.37. The van der Waals surface area contributed by atoms with Crippen LogP contribution in [0.3, 0.4) is 0 Å². The lowest BCUT2D eigenvalue weighted by molar-refractivity contribution is -0.121. The van der Waals surface area contributed by atoms with Gasteiger partial charge in [-0.1, -0.05) is 41.6 Å². The van der Waals surface area contributed by atoms with Crippen molar-refractivity contribution in [1.82, 2.24) is 10.5 Å². The molecule has 1 N–H and O–H groups in total. The van der Waals surface area contributed by atoms with Gasteiger partial charge in [0.1, 0.15) is 12.0 Å². The lowest BCUT2D eigenvalue weighted by Crippen LogP contribution is -2.29. The zero-order valence-corrected chi connectivity index (χ0v) is 13.2. The Bertz CT molecular complexity index is 858. The van der Waals surface area contributed by atoms with Gasteiger partial charge in [0, 0.05) is 17.0 Å². The van der Waals surface area contributed by atoms with E-state index in [1.807, 2.05) is 12.1 Å². The van der Waals surface area contributed by atoms with E-state index in [0.29, 0.717) is 12.3 Å². The molecule has 0 unspecified atom stereocenters. The number of fused-ring (bicyclic) bond motifs is 3. The minimum absolute atomic E-state index is 0.0495. The van der Waals surface area contributed by atoms with Crippen molar-refractivity contribution in [3.05, 3.63) is 60.0 Å². The Morgan fingerprint density at radius 3 is 3.00 bits per heavy atom. The molecule has 0 radical (unpaired) electrons. The molecule has 24 heavy (non-hydrogen) atoms. The fourth-order valence-electron chi connectivity index (χ4n) is 3.20. The third-order valence-corrected chi connectivity index (χ3v) is 4.34. The summed E-state index contributed by atoms with van der Waals surface area (Å²) in [5.41, 5.74) is 1.68. The topological polar surface area (TPSA) is 64.4 Å². The summed E-state index contributed by atoms with van der Waals surface area (Å²) >= 11 is 0. The summed E-state index contributed by atoms with van der Waals surface area (Å²) in [7, 11) is 0. The molecule has 1 atom stereocenters. The van der Waals surface area contributed by atoms with Crippen LogP contribution in [0.1, 0.15) is 30.1 Å². The van der Waals surface area contributed by atoms with Crippen LogP contribution in [0.4, 0.5) is 0 Å². The summed E-state index contributed by atoms with van der Waals surface area (Å²) in [6, 6.07) is 14.0. The van der Waals surface area contributed by atoms with Crippen molar-refractivity contribution in [2.45, 2.75) is 25.3 Å². The highest BCUT2D eigenvalue weighted by atomic mass is 16.5. The van der Waals surface area contributed by atoms with E-state index in [-0.39, 0.29) is 18.4 Å². The minimum Gasteiger partial charge on any atom is -0.493 e. The fourth-order valence-corrected chi connectivity index (χ4v) is 3.20. The van der Waals surface area contributed by atoms with Crippen molar-refractivity contribution in [3.63, 3.8) is 0 Å². The van der Waals surface area contributed by atoms with Gasteiger partial charge in [-0.15, -0.1) is 0 Å². The number of benzene rings is 2. The second-order valence-corrected chi connectivity index (χ2v) is 5.98. The number of carbonyl (C=O) groups excluding carboxylic acids is 1. The maximum Gasteiger partial charge on any atom is 0.226 e. The molecule has 0 spiro atoms. The summed E-state index contributed by atoms with van der Waals surface area (Å²) in [6.07, 6.45) is 3.45. The number of ether oxygens (including phenoxy) is 1. The normalized spacial score (nSPS) is 16.9. The third kappa shape index (κ3) is 2.85. The number of nitrogens with one attached hydrogen (secondary N) is 1. The van der Waals surface area contributed by atoms with Crippen molar-refractivity contribution in [2.24, 2.45) is 0 Å². The van der Waals surface area contributed by atoms with Crippen LogP contribution in [-0.4, -0.2) is 17.7 Å². The first-order valence-electron chi connectivity index (χ1n) is 8.14. The van der Waals surface area contributed by atoms with Gasteiger partial charge in [-0.25, -0.2) is 0 Å². The Labute approximate surface area is 139 Å². The summed E-state index contributed by atoms with van der Waals surface area (Å²) in [4.78, 5) is 12.3. The first kappa shape index (κ1) is 14.8. The van der Waals surface area contributed by atoms with E-state index in [4.69, 9.17) is 9.26 Å². The van der Waals surface area contributed by atoms with Crippen molar-refractivity contribution < 1.29 is 14.1 Å². The van der Waals surface area contributed by atoms with Crippen LogP contribution >= 0.6 is 0 Å². The van der Waals surface area contributed by atoms with E-state index in [2.05, 4.69) is 34.7 Å². The van der Waals surface area contributed by atoms with Gasteiger partial charge in [-0.2, -0.15) is 0 Å². The quantitative estimate of drug-likeness (QED) is 0.802. The number of nitrogens with zero attached hydrogens (tertiary/aromatic N) is 1. The number of rotatable bonds is 3. The van der Waals surface area contributed by atoms with Crippen LogP contribution in [0, 0.1) is 0 Å². The maximum absolute atomic E-state index is 12.3. The highest BCUT2D eigenvalue weighted by molar-refractivity contribution is 5.90. The first-order chi connectivity index (χ1) is 11.8. The van der Waals surface area contributed by atoms with E-state index in [1.54, 1.807) is 6.07 Å². The molecular formula is C19H18N2O3. The monoisotopic (exact) mass is 322 g/mol. The third-order valence-electron chi connectivity index (χ3n) is 4.34. The van der Waals surface area contributed by atoms with Crippen LogP contribution in [0.15, 0.2) is 53.3 Å². The lowest BCUT2D eigenvalue weighted by Gasteiger charge is -2.19. The van der Waals surface area contributed by atoms with Gasteiger partial charge in [0.15, 0.2) is 0 Å². The SMILES string of the molecule is O=C(Cc1ccon1)N[C@@H]1CCCOc2c1ccc1ccccc21. The van der Waals surface area contributed by atoms with Gasteiger partial charge >= 0.3 is 0 Å². The molecule has 5 heteroatoms. The highest BCUT2D eigenvalue weighted by Gasteiger charge is 2.23. The van der Waals surface area contributed by atoms with E-state index >= 15 is 0 Å². The molecule has 5 nitrogen and oxygen atoms in total. The number of amides is 1. The van der Waals surface area contributed by atoms with Crippen molar-refractivity contribution in [2.75, 3.05) is 6.61 Å². The second-order valence-electron chi connectivity index (χ2n) is 5.98. The first-order valence-corrected chi connectivity index (χ1v) is 8.14. The summed E-state index contributed by atoms with van der Waals surface area (Å²) in [6.45, 7) is 0.663. The Balaban J connectivity index is 1.63. The van der Waals surface area contributed by atoms with Crippen molar-refractivity contribution in [1.29, 1.82) is 0 Å². The standard InChI is InChI=1S/C19H18N2O3/c22-18(12-14-9-11-24-21-14)20-17-6-3-10-23-19-15-5-2-1-4-13(15)7-8-16(17)19/h1-2,4-5,7-9,11,17H,3,6,10,12H2,(H,20,22)/t17-/m1/s1. The van der Waals surface area contributed by atoms with E-state index in [0.717, 1.165) is 34.9 Å². The van der Waals surface area contributed by atoms with Crippen LogP contribution in [0.5, 0.6) is 5.75 Å². The molecule has 4 rings (SSSR count). The zero-order valence-electron chi connectivity index (χ0n) is 13.2. The van der Waals surface area contributed by atoms with E-state index in [9.17, 15) is 4.79 Å². The van der Waals surface area contributed by atoms with Gasteiger partial charge < -0.3 is 14.6 Å². The Kier molecular flexibility index (Phi) is 3.91. The average Bonchev–Trinajstić information content (AvgIpc) is 3.01. The van der Waals surface area contributed by atoms with E-state index < -0.39 is 0 Å². The van der Waals surface area contributed by atoms with Crippen LogP contribution in [0.2, 0.25) is 0 Å². The molecule has 1 aliphatic heterocycles. The Hall–Kier alpha value is -2.82. The van der Waals surface area contributed by atoms with Gasteiger partial charge in [0.25, 0.3) is 0 Å². The predicted octanol–water partition coefficient (Wildman–Crippen LogP) is 3.40. The van der Waals surface area contributed by atoms with Crippen molar-refractivity contribution in [3.8, 4) is 5.75 Å². The Morgan fingerprint density at radius 2 is 2.12 bits per heavy atom. The largest absolute Gasteiger partial charge is 0.493 e. The number of aromatic nitrogens is 1. The molecule has 2 heterocycles. The molecule has 1 aliphatic rings. The summed E-state index contributed by atoms with van der Waals surface area (Å²) < 4.78 is 10.8. The Morgan fingerprint density at radius 1 is 1.21 bits per heavy atom. The van der Waals surface area contributed by atoms with Crippen LogP contribution in [0.25, 0.3) is 10.8 Å². The number of hydrogen-bond acceptors (Lipinski definition) is 4. The number of carbonyl (C=O) groups is 1. The number of hydrogen-bond donors (Lipinski definition) is 1. The molecular weight excluding hydrogens is 304 g/mol. The van der Waals surface area contributed by atoms with Crippen LogP contribution < -0.4 is 10.1 Å². The van der Waals surface area contributed by atoms with Gasteiger partial charge in [0.05, 0.1) is 24.8 Å².